The Morgan fingerprint density at radius 1 is 1.33 bits per heavy atom. The van der Waals surface area contributed by atoms with Crippen LogP contribution in [-0.4, -0.2) is 12.1 Å². The van der Waals surface area contributed by atoms with Gasteiger partial charge in [0.2, 0.25) is 0 Å². The lowest BCUT2D eigenvalue weighted by molar-refractivity contribution is -0.171. The van der Waals surface area contributed by atoms with Gasteiger partial charge in [-0.25, -0.2) is 4.79 Å². The maximum Gasteiger partial charge on any atom is 0.392 e. The van der Waals surface area contributed by atoms with Gasteiger partial charge in [-0.1, -0.05) is 36.9 Å². The molecule has 0 saturated heterocycles. The van der Waals surface area contributed by atoms with E-state index in [0.29, 0.717) is 5.56 Å². The van der Waals surface area contributed by atoms with Crippen molar-refractivity contribution in [2.45, 2.75) is 25.6 Å². The highest BCUT2D eigenvalue weighted by atomic mass is 19.4. The van der Waals surface area contributed by atoms with Gasteiger partial charge < -0.3 is 4.74 Å². The molecule has 0 saturated carbocycles. The molecular formula is C13H13F3O2. The van der Waals surface area contributed by atoms with E-state index in [2.05, 4.69) is 6.58 Å². The summed E-state index contributed by atoms with van der Waals surface area (Å²) in [5.41, 5.74) is 0.377. The normalized spacial score (nSPS) is 12.9. The average molecular weight is 258 g/mol. The van der Waals surface area contributed by atoms with Crippen molar-refractivity contribution in [1.29, 1.82) is 0 Å². The molecule has 0 amide bonds. The Labute approximate surface area is 103 Å². The minimum Gasteiger partial charge on any atom is -0.454 e. The first-order valence-corrected chi connectivity index (χ1v) is 5.28. The van der Waals surface area contributed by atoms with Gasteiger partial charge in [0, 0.05) is 5.57 Å². The molecule has 98 valence electrons. The van der Waals surface area contributed by atoms with Gasteiger partial charge in [0.1, 0.15) is 6.10 Å². The molecule has 0 radical (unpaired) electrons. The Morgan fingerprint density at radius 3 is 2.33 bits per heavy atom. The highest BCUT2D eigenvalue weighted by Gasteiger charge is 2.34. The maximum absolute atomic E-state index is 12.4. The molecule has 0 N–H and O–H groups in total. The largest absolute Gasteiger partial charge is 0.454 e. The third kappa shape index (κ3) is 4.61. The van der Waals surface area contributed by atoms with E-state index in [1.807, 2.05) is 0 Å². The number of alkyl halides is 3. The smallest absolute Gasteiger partial charge is 0.392 e. The summed E-state index contributed by atoms with van der Waals surface area (Å²) < 4.78 is 42.1. The van der Waals surface area contributed by atoms with Crippen LogP contribution in [0, 0.1) is 0 Å². The van der Waals surface area contributed by atoms with E-state index in [-0.39, 0.29) is 5.57 Å². The van der Waals surface area contributed by atoms with Crippen molar-refractivity contribution in [3.8, 4) is 0 Å². The molecular weight excluding hydrogens is 245 g/mol. The van der Waals surface area contributed by atoms with Gasteiger partial charge in [-0.05, 0) is 12.5 Å². The third-order valence-electron chi connectivity index (χ3n) is 2.19. The quantitative estimate of drug-likeness (QED) is 0.606. The van der Waals surface area contributed by atoms with E-state index < -0.39 is 24.7 Å². The number of esters is 1. The fraction of sp³-hybridized carbons (Fsp3) is 0.308. The molecule has 1 unspecified atom stereocenters. The van der Waals surface area contributed by atoms with Crippen LogP contribution in [0.25, 0.3) is 0 Å². The summed E-state index contributed by atoms with van der Waals surface area (Å²) in [5.74, 6) is -0.826. The van der Waals surface area contributed by atoms with Gasteiger partial charge in [0.25, 0.3) is 0 Å². The molecule has 0 aliphatic carbocycles. The van der Waals surface area contributed by atoms with Crippen molar-refractivity contribution < 1.29 is 22.7 Å². The van der Waals surface area contributed by atoms with Crippen LogP contribution in [0.3, 0.4) is 0 Å². The number of carbonyl (C=O) groups excluding carboxylic acids is 1. The van der Waals surface area contributed by atoms with Crippen LogP contribution in [0.1, 0.15) is 25.0 Å². The van der Waals surface area contributed by atoms with Gasteiger partial charge in [-0.2, -0.15) is 13.2 Å². The number of rotatable bonds is 4. The summed E-state index contributed by atoms with van der Waals surface area (Å²) in [6.45, 7) is 4.73. The van der Waals surface area contributed by atoms with Gasteiger partial charge in [-0.15, -0.1) is 0 Å². The van der Waals surface area contributed by atoms with E-state index >= 15 is 0 Å². The van der Waals surface area contributed by atoms with Crippen LogP contribution in [0.4, 0.5) is 13.2 Å². The zero-order chi connectivity index (χ0) is 13.8. The Bertz CT molecular complexity index is 424. The summed E-state index contributed by atoms with van der Waals surface area (Å²) in [5, 5.41) is 0. The predicted molar refractivity (Wildman–Crippen MR) is 60.8 cm³/mol. The molecule has 1 rings (SSSR count). The Balaban J connectivity index is 2.89. The summed E-state index contributed by atoms with van der Waals surface area (Å²) >= 11 is 0. The van der Waals surface area contributed by atoms with Gasteiger partial charge in [0.15, 0.2) is 0 Å². The van der Waals surface area contributed by atoms with E-state index in [1.165, 1.54) is 19.1 Å². The lowest BCUT2D eigenvalue weighted by Crippen LogP contribution is -2.19. The SMILES string of the molecule is C=C(C)C(=O)OC(CC(F)(F)F)c1ccccc1. The molecule has 2 nitrogen and oxygen atoms in total. The first kappa shape index (κ1) is 14.3. The van der Waals surface area contributed by atoms with Crippen LogP contribution >= 0.6 is 0 Å². The molecule has 0 aliphatic heterocycles. The maximum atomic E-state index is 12.4. The predicted octanol–water partition coefficient (Wildman–Crippen LogP) is 3.80. The Hall–Kier alpha value is -1.78. The molecule has 0 fully saturated rings. The zero-order valence-electron chi connectivity index (χ0n) is 9.83. The zero-order valence-corrected chi connectivity index (χ0v) is 9.83. The minimum absolute atomic E-state index is 0.0677. The van der Waals surface area contributed by atoms with Crippen LogP contribution in [0.2, 0.25) is 0 Å². The lowest BCUT2D eigenvalue weighted by atomic mass is 10.1. The van der Waals surface area contributed by atoms with E-state index in [1.54, 1.807) is 18.2 Å². The molecule has 0 heterocycles. The number of benzene rings is 1. The number of ether oxygens (including phenoxy) is 1. The fourth-order valence-corrected chi connectivity index (χ4v) is 1.34. The van der Waals surface area contributed by atoms with Crippen molar-refractivity contribution in [2.75, 3.05) is 0 Å². The number of hydrogen-bond donors (Lipinski definition) is 0. The van der Waals surface area contributed by atoms with Crippen molar-refractivity contribution in [1.82, 2.24) is 0 Å². The molecule has 1 aromatic carbocycles. The van der Waals surface area contributed by atoms with Crippen molar-refractivity contribution in [2.24, 2.45) is 0 Å². The second-order valence-corrected chi connectivity index (χ2v) is 3.90. The van der Waals surface area contributed by atoms with Crippen molar-refractivity contribution >= 4 is 5.97 Å². The van der Waals surface area contributed by atoms with Crippen LogP contribution in [0.5, 0.6) is 0 Å². The summed E-state index contributed by atoms with van der Waals surface area (Å²) in [7, 11) is 0. The second-order valence-electron chi connectivity index (χ2n) is 3.90. The molecule has 5 heteroatoms. The second kappa shape index (κ2) is 5.71. The summed E-state index contributed by atoms with van der Waals surface area (Å²) in [4.78, 5) is 11.3. The molecule has 0 bridgehead atoms. The van der Waals surface area contributed by atoms with E-state index in [0.717, 1.165) is 0 Å². The topological polar surface area (TPSA) is 26.3 Å². The first-order chi connectivity index (χ1) is 8.29. The van der Waals surface area contributed by atoms with Gasteiger partial charge in [0.05, 0.1) is 6.42 Å². The summed E-state index contributed by atoms with van der Waals surface area (Å²) in [6, 6.07) is 7.83. The molecule has 1 aromatic rings. The highest BCUT2D eigenvalue weighted by molar-refractivity contribution is 5.87. The van der Waals surface area contributed by atoms with E-state index in [4.69, 9.17) is 4.74 Å². The Morgan fingerprint density at radius 2 is 1.89 bits per heavy atom. The molecule has 0 aromatic heterocycles. The van der Waals surface area contributed by atoms with Gasteiger partial charge >= 0.3 is 12.1 Å². The highest BCUT2D eigenvalue weighted by Crippen LogP contribution is 2.32. The fourth-order valence-electron chi connectivity index (χ4n) is 1.34. The number of carbonyl (C=O) groups is 1. The molecule has 18 heavy (non-hydrogen) atoms. The third-order valence-corrected chi connectivity index (χ3v) is 2.19. The van der Waals surface area contributed by atoms with Crippen molar-refractivity contribution in [3.63, 3.8) is 0 Å². The standard InChI is InChI=1S/C13H13F3O2/c1-9(2)12(17)18-11(8-13(14,15)16)10-6-4-3-5-7-10/h3-7,11H,1,8H2,2H3. The first-order valence-electron chi connectivity index (χ1n) is 5.28. The lowest BCUT2D eigenvalue weighted by Gasteiger charge is -2.19. The van der Waals surface area contributed by atoms with Crippen LogP contribution in [-0.2, 0) is 9.53 Å². The van der Waals surface area contributed by atoms with Gasteiger partial charge in [-0.3, -0.25) is 0 Å². The average Bonchev–Trinajstić information content (AvgIpc) is 2.27. The monoisotopic (exact) mass is 258 g/mol. The summed E-state index contributed by atoms with van der Waals surface area (Å²) in [6.07, 6.45) is -6.96. The Kier molecular flexibility index (Phi) is 4.53. The van der Waals surface area contributed by atoms with Crippen LogP contribution in [0.15, 0.2) is 42.5 Å². The number of hydrogen-bond acceptors (Lipinski definition) is 2. The molecule has 1 atom stereocenters. The minimum atomic E-state index is -4.41. The van der Waals surface area contributed by atoms with E-state index in [9.17, 15) is 18.0 Å². The molecule has 0 aliphatic rings. The van der Waals surface area contributed by atoms with Crippen molar-refractivity contribution in [3.05, 3.63) is 48.0 Å². The number of halogens is 3. The van der Waals surface area contributed by atoms with Crippen LogP contribution < -0.4 is 0 Å². The molecule has 0 spiro atoms.